The molecule has 2 aromatic rings. The van der Waals surface area contributed by atoms with Gasteiger partial charge in [0.25, 0.3) is 5.91 Å². The second-order valence-corrected chi connectivity index (χ2v) is 5.29. The zero-order valence-electron chi connectivity index (χ0n) is 13.1. The Morgan fingerprint density at radius 1 is 1.24 bits per heavy atom. The molecule has 0 aliphatic heterocycles. The summed E-state index contributed by atoms with van der Waals surface area (Å²) in [6.45, 7) is 1.71. The average molecular weight is 356 g/mol. The molecule has 1 aromatic heterocycles. The number of ether oxygens (including phenoxy) is 1. The van der Waals surface area contributed by atoms with E-state index < -0.39 is 36.5 Å². The van der Waals surface area contributed by atoms with Gasteiger partial charge in [0.2, 0.25) is 0 Å². The maximum atomic E-state index is 12.2. The number of carboxylic acids is 1. The maximum Gasteiger partial charge on any atom is 0.573 e. The molecule has 1 aromatic carbocycles. The molecule has 25 heavy (non-hydrogen) atoms. The molecular weight excluding hydrogens is 341 g/mol. The van der Waals surface area contributed by atoms with Crippen LogP contribution in [0.2, 0.25) is 0 Å². The lowest BCUT2D eigenvalue weighted by molar-refractivity contribution is -0.274. The van der Waals surface area contributed by atoms with E-state index in [0.29, 0.717) is 16.7 Å². The molecule has 3 N–H and O–H groups in total. The maximum absolute atomic E-state index is 12.2. The van der Waals surface area contributed by atoms with Gasteiger partial charge in [0.1, 0.15) is 5.75 Å². The monoisotopic (exact) mass is 356 g/mol. The molecule has 1 atom stereocenters. The predicted molar refractivity (Wildman–Crippen MR) is 81.1 cm³/mol. The van der Waals surface area contributed by atoms with E-state index in [1.54, 1.807) is 13.1 Å². The SMILES string of the molecule is Cc1c[nH]cc1C(=O)NC(CC(=O)O)c1ccc(OC(F)(F)F)cc1. The van der Waals surface area contributed by atoms with E-state index in [4.69, 9.17) is 5.11 Å². The third-order valence-corrected chi connectivity index (χ3v) is 3.40. The van der Waals surface area contributed by atoms with E-state index in [-0.39, 0.29) is 0 Å². The fraction of sp³-hybridized carbons (Fsp3) is 0.250. The summed E-state index contributed by atoms with van der Waals surface area (Å²) in [5.41, 5.74) is 1.38. The van der Waals surface area contributed by atoms with Gasteiger partial charge in [-0.1, -0.05) is 12.1 Å². The molecule has 2 rings (SSSR count). The zero-order valence-corrected chi connectivity index (χ0v) is 13.1. The summed E-state index contributed by atoms with van der Waals surface area (Å²) in [5.74, 6) is -2.08. The largest absolute Gasteiger partial charge is 0.573 e. The van der Waals surface area contributed by atoms with Gasteiger partial charge >= 0.3 is 12.3 Å². The van der Waals surface area contributed by atoms with E-state index in [1.165, 1.54) is 18.3 Å². The summed E-state index contributed by atoms with van der Waals surface area (Å²) in [7, 11) is 0. The number of carbonyl (C=O) groups is 2. The van der Waals surface area contributed by atoms with E-state index in [0.717, 1.165) is 12.1 Å². The standard InChI is InChI=1S/C16H15F3N2O4/c1-9-7-20-8-12(9)15(24)21-13(6-14(22)23)10-2-4-11(5-3-10)25-16(17,18)19/h2-5,7-8,13,20H,6H2,1H3,(H,21,24)(H,22,23). The minimum Gasteiger partial charge on any atom is -0.481 e. The molecule has 0 aliphatic carbocycles. The topological polar surface area (TPSA) is 91.4 Å². The molecule has 0 bridgehead atoms. The van der Waals surface area contributed by atoms with Crippen LogP contribution in [0.4, 0.5) is 13.2 Å². The highest BCUT2D eigenvalue weighted by atomic mass is 19.4. The zero-order chi connectivity index (χ0) is 18.6. The molecule has 6 nitrogen and oxygen atoms in total. The molecule has 0 saturated heterocycles. The molecule has 0 radical (unpaired) electrons. The number of benzene rings is 1. The molecule has 9 heteroatoms. The number of nitrogens with one attached hydrogen (secondary N) is 2. The van der Waals surface area contributed by atoms with Crippen molar-refractivity contribution in [1.82, 2.24) is 10.3 Å². The molecule has 134 valence electrons. The molecule has 1 heterocycles. The van der Waals surface area contributed by atoms with Crippen LogP contribution in [0.5, 0.6) is 5.75 Å². The van der Waals surface area contributed by atoms with Gasteiger partial charge in [0.05, 0.1) is 18.0 Å². The normalized spacial score (nSPS) is 12.5. The van der Waals surface area contributed by atoms with Gasteiger partial charge < -0.3 is 20.1 Å². The highest BCUT2D eigenvalue weighted by molar-refractivity contribution is 5.95. The summed E-state index contributed by atoms with van der Waals surface area (Å²) >= 11 is 0. The van der Waals surface area contributed by atoms with E-state index in [2.05, 4.69) is 15.0 Å². The Hall–Kier alpha value is -2.97. The van der Waals surface area contributed by atoms with Crippen molar-refractivity contribution in [2.75, 3.05) is 0 Å². The van der Waals surface area contributed by atoms with Crippen molar-refractivity contribution in [3.8, 4) is 5.75 Å². The first-order valence-electron chi connectivity index (χ1n) is 7.17. The summed E-state index contributed by atoms with van der Waals surface area (Å²) in [5, 5.41) is 11.6. The Bertz CT molecular complexity index is 753. The summed E-state index contributed by atoms with van der Waals surface area (Å²) in [6, 6.07) is 3.77. The van der Waals surface area contributed by atoms with Gasteiger partial charge in [0.15, 0.2) is 0 Å². The second kappa shape index (κ2) is 7.29. The van der Waals surface area contributed by atoms with Crippen LogP contribution in [0.3, 0.4) is 0 Å². The Kier molecular flexibility index (Phi) is 5.35. The van der Waals surface area contributed by atoms with E-state index in [9.17, 15) is 22.8 Å². The Balaban J connectivity index is 2.18. The first-order valence-corrected chi connectivity index (χ1v) is 7.17. The van der Waals surface area contributed by atoms with Crippen LogP contribution in [0.1, 0.15) is 33.9 Å². The number of aryl methyl sites for hydroxylation is 1. The van der Waals surface area contributed by atoms with Crippen LogP contribution in [-0.4, -0.2) is 28.3 Å². The van der Waals surface area contributed by atoms with Gasteiger partial charge in [-0.3, -0.25) is 9.59 Å². The van der Waals surface area contributed by atoms with E-state index in [1.807, 2.05) is 0 Å². The number of halogens is 3. The van der Waals surface area contributed by atoms with Crippen LogP contribution in [0, 0.1) is 6.92 Å². The number of H-pyrrole nitrogens is 1. The van der Waals surface area contributed by atoms with Crippen LogP contribution < -0.4 is 10.1 Å². The number of carbonyl (C=O) groups excluding carboxylic acids is 1. The third-order valence-electron chi connectivity index (χ3n) is 3.40. The number of hydrogen-bond acceptors (Lipinski definition) is 3. The highest BCUT2D eigenvalue weighted by Crippen LogP contribution is 2.25. The highest BCUT2D eigenvalue weighted by Gasteiger charge is 2.31. The average Bonchev–Trinajstić information content (AvgIpc) is 2.91. The number of rotatable bonds is 6. The summed E-state index contributed by atoms with van der Waals surface area (Å²) in [6.07, 6.45) is -2.15. The number of aromatic nitrogens is 1. The van der Waals surface area contributed by atoms with Crippen molar-refractivity contribution >= 4 is 11.9 Å². The lowest BCUT2D eigenvalue weighted by Crippen LogP contribution is -2.30. The first kappa shape index (κ1) is 18.4. The van der Waals surface area contributed by atoms with Crippen LogP contribution in [-0.2, 0) is 4.79 Å². The minimum atomic E-state index is -4.82. The van der Waals surface area contributed by atoms with Gasteiger partial charge in [-0.15, -0.1) is 13.2 Å². The quantitative estimate of drug-likeness (QED) is 0.741. The van der Waals surface area contributed by atoms with Crippen molar-refractivity contribution in [2.24, 2.45) is 0 Å². The number of amides is 1. The van der Waals surface area contributed by atoms with Gasteiger partial charge in [-0.25, -0.2) is 0 Å². The van der Waals surface area contributed by atoms with Crippen LogP contribution >= 0.6 is 0 Å². The number of alkyl halides is 3. The number of hydrogen-bond donors (Lipinski definition) is 3. The van der Waals surface area contributed by atoms with Gasteiger partial charge in [-0.2, -0.15) is 0 Å². The molecule has 1 amide bonds. The Morgan fingerprint density at radius 2 is 1.88 bits per heavy atom. The summed E-state index contributed by atoms with van der Waals surface area (Å²) < 4.78 is 40.3. The molecule has 0 saturated carbocycles. The fourth-order valence-corrected chi connectivity index (χ4v) is 2.25. The Morgan fingerprint density at radius 3 is 2.36 bits per heavy atom. The van der Waals surface area contributed by atoms with Crippen LogP contribution in [0.15, 0.2) is 36.7 Å². The number of aromatic amines is 1. The molecule has 0 fully saturated rings. The minimum absolute atomic E-state index is 0.346. The number of aliphatic carboxylic acids is 1. The lowest BCUT2D eigenvalue weighted by atomic mass is 10.0. The smallest absolute Gasteiger partial charge is 0.481 e. The molecule has 0 aliphatic rings. The van der Waals surface area contributed by atoms with Crippen LogP contribution in [0.25, 0.3) is 0 Å². The second-order valence-electron chi connectivity index (χ2n) is 5.29. The van der Waals surface area contributed by atoms with Gasteiger partial charge in [0, 0.05) is 12.4 Å². The number of carboxylic acid groups (broad SMARTS) is 1. The molecule has 1 unspecified atom stereocenters. The van der Waals surface area contributed by atoms with Crippen molar-refractivity contribution in [2.45, 2.75) is 25.7 Å². The van der Waals surface area contributed by atoms with Crippen molar-refractivity contribution in [3.63, 3.8) is 0 Å². The lowest BCUT2D eigenvalue weighted by Gasteiger charge is -2.18. The predicted octanol–water partition coefficient (Wildman–Crippen LogP) is 3.17. The summed E-state index contributed by atoms with van der Waals surface area (Å²) in [4.78, 5) is 26.1. The fourth-order valence-electron chi connectivity index (χ4n) is 2.25. The van der Waals surface area contributed by atoms with Gasteiger partial charge in [-0.05, 0) is 30.2 Å². The molecule has 0 spiro atoms. The molecular formula is C16H15F3N2O4. The van der Waals surface area contributed by atoms with E-state index >= 15 is 0 Å². The third kappa shape index (κ3) is 5.27. The Labute approximate surface area is 140 Å². The first-order chi connectivity index (χ1) is 11.7. The van der Waals surface area contributed by atoms with Crippen molar-refractivity contribution in [3.05, 3.63) is 53.3 Å². The van der Waals surface area contributed by atoms with Crippen molar-refractivity contribution < 1.29 is 32.6 Å². The van der Waals surface area contributed by atoms with Crippen molar-refractivity contribution in [1.29, 1.82) is 0 Å².